The Labute approximate surface area is 164 Å². The second-order valence-electron chi connectivity index (χ2n) is 7.32. The minimum atomic E-state index is -0.0565. The van der Waals surface area contributed by atoms with Crippen LogP contribution in [0.4, 0.5) is 5.82 Å². The first-order valence-corrected chi connectivity index (χ1v) is 9.51. The van der Waals surface area contributed by atoms with Crippen LogP contribution in [0.5, 0.6) is 0 Å². The van der Waals surface area contributed by atoms with Crippen molar-refractivity contribution in [2.24, 2.45) is 7.05 Å². The van der Waals surface area contributed by atoms with Gasteiger partial charge in [0.15, 0.2) is 0 Å². The Morgan fingerprint density at radius 1 is 1.25 bits per heavy atom. The number of imidazole rings is 1. The van der Waals surface area contributed by atoms with Crippen molar-refractivity contribution in [3.05, 3.63) is 42.5 Å². The van der Waals surface area contributed by atoms with E-state index in [9.17, 15) is 4.79 Å². The quantitative estimate of drug-likeness (QED) is 0.754. The van der Waals surface area contributed by atoms with Gasteiger partial charge in [-0.2, -0.15) is 0 Å². The van der Waals surface area contributed by atoms with E-state index in [1.54, 1.807) is 6.20 Å². The first-order valence-electron chi connectivity index (χ1n) is 9.51. The lowest BCUT2D eigenvalue weighted by atomic mass is 10.1. The van der Waals surface area contributed by atoms with Crippen LogP contribution >= 0.6 is 0 Å². The summed E-state index contributed by atoms with van der Waals surface area (Å²) in [4.78, 5) is 23.3. The zero-order valence-electron chi connectivity index (χ0n) is 16.5. The molecule has 1 atom stereocenters. The molecule has 2 aromatic heterocycles. The van der Waals surface area contributed by atoms with Gasteiger partial charge in [0.05, 0.1) is 31.6 Å². The smallest absolute Gasteiger partial charge is 0.239 e. The molecule has 1 saturated heterocycles. The lowest BCUT2D eigenvalue weighted by Crippen LogP contribution is -2.47. The number of fused-ring (bicyclic) bond motifs is 1. The van der Waals surface area contributed by atoms with Gasteiger partial charge in [-0.3, -0.25) is 9.69 Å². The molecule has 1 N–H and O–H groups in total. The number of carbonyl (C=O) groups excluding carboxylic acids is 1. The molecular weight excluding hydrogens is 354 g/mol. The number of anilines is 1. The fraction of sp³-hybridized carbons (Fsp3) is 0.381. The third kappa shape index (κ3) is 3.76. The first kappa shape index (κ1) is 18.6. The van der Waals surface area contributed by atoms with E-state index >= 15 is 0 Å². The molecule has 146 valence electrons. The van der Waals surface area contributed by atoms with Crippen molar-refractivity contribution in [2.75, 3.05) is 31.6 Å². The van der Waals surface area contributed by atoms with Crippen molar-refractivity contribution in [2.45, 2.75) is 19.9 Å². The zero-order chi connectivity index (χ0) is 19.7. The number of hydrogen-bond donors (Lipinski definition) is 1. The van der Waals surface area contributed by atoms with Crippen LogP contribution < -0.4 is 5.32 Å². The second kappa shape index (κ2) is 7.69. The summed E-state index contributed by atoms with van der Waals surface area (Å²) in [6.07, 6.45) is 3.67. The van der Waals surface area contributed by atoms with Crippen molar-refractivity contribution >= 4 is 22.5 Å². The maximum Gasteiger partial charge on any atom is 0.239 e. The standard InChI is InChI=1S/C21H25N5O2/c1-14-13-28-7-6-26(14)12-21(27)24-20-9-18-8-16(4-5-17(18)10-23-20)19-11-22-15(2)25(19)3/h4-5,8-11,14H,6-7,12-13H2,1-3H3,(H,23,24,27)/t14-/m0/s1. The number of benzene rings is 1. The number of morpholine rings is 1. The van der Waals surface area contributed by atoms with Crippen LogP contribution in [0.3, 0.4) is 0 Å². The van der Waals surface area contributed by atoms with Crippen LogP contribution in [0.25, 0.3) is 22.0 Å². The third-order valence-corrected chi connectivity index (χ3v) is 5.36. The first-order chi connectivity index (χ1) is 13.5. The molecule has 7 heteroatoms. The number of hydrogen-bond acceptors (Lipinski definition) is 5. The molecule has 28 heavy (non-hydrogen) atoms. The summed E-state index contributed by atoms with van der Waals surface area (Å²) in [7, 11) is 2.01. The number of rotatable bonds is 4. The molecule has 1 amide bonds. The topological polar surface area (TPSA) is 72.3 Å². The van der Waals surface area contributed by atoms with Gasteiger partial charge < -0.3 is 14.6 Å². The van der Waals surface area contributed by atoms with Gasteiger partial charge in [0.1, 0.15) is 11.6 Å². The molecule has 3 heterocycles. The van der Waals surface area contributed by atoms with E-state index in [2.05, 4.69) is 43.8 Å². The highest BCUT2D eigenvalue weighted by Crippen LogP contribution is 2.25. The average Bonchev–Trinajstić information content (AvgIpc) is 3.02. The van der Waals surface area contributed by atoms with Crippen LogP contribution in [0.1, 0.15) is 12.7 Å². The number of carbonyl (C=O) groups is 1. The van der Waals surface area contributed by atoms with Gasteiger partial charge >= 0.3 is 0 Å². The van der Waals surface area contributed by atoms with Crippen molar-refractivity contribution in [1.82, 2.24) is 19.4 Å². The number of aromatic nitrogens is 3. The van der Waals surface area contributed by atoms with Gasteiger partial charge in [-0.1, -0.05) is 12.1 Å². The van der Waals surface area contributed by atoms with E-state index in [4.69, 9.17) is 4.74 Å². The molecule has 7 nitrogen and oxygen atoms in total. The van der Waals surface area contributed by atoms with Gasteiger partial charge in [-0.25, -0.2) is 9.97 Å². The Hall–Kier alpha value is -2.77. The second-order valence-corrected chi connectivity index (χ2v) is 7.32. The van der Waals surface area contributed by atoms with E-state index in [0.717, 1.165) is 34.4 Å². The molecule has 0 saturated carbocycles. The van der Waals surface area contributed by atoms with Crippen LogP contribution in [0.2, 0.25) is 0 Å². The molecule has 1 aliphatic heterocycles. The number of nitrogens with one attached hydrogen (secondary N) is 1. The number of aryl methyl sites for hydroxylation is 1. The maximum absolute atomic E-state index is 12.5. The Bertz CT molecular complexity index is 1010. The molecule has 1 aromatic carbocycles. The highest BCUT2D eigenvalue weighted by molar-refractivity contribution is 5.94. The molecule has 0 bridgehead atoms. The van der Waals surface area contributed by atoms with Gasteiger partial charge in [-0.15, -0.1) is 0 Å². The van der Waals surface area contributed by atoms with Crippen LogP contribution in [0, 0.1) is 6.92 Å². The van der Waals surface area contributed by atoms with E-state index in [0.29, 0.717) is 25.6 Å². The fourth-order valence-corrected chi connectivity index (χ4v) is 3.50. The monoisotopic (exact) mass is 379 g/mol. The van der Waals surface area contributed by atoms with Crippen molar-refractivity contribution < 1.29 is 9.53 Å². The lowest BCUT2D eigenvalue weighted by molar-refractivity contribution is -0.119. The van der Waals surface area contributed by atoms with E-state index in [1.807, 2.05) is 32.3 Å². The maximum atomic E-state index is 12.5. The Morgan fingerprint density at radius 3 is 2.86 bits per heavy atom. The largest absolute Gasteiger partial charge is 0.379 e. The van der Waals surface area contributed by atoms with Gasteiger partial charge in [-0.05, 0) is 31.4 Å². The van der Waals surface area contributed by atoms with E-state index in [-0.39, 0.29) is 11.9 Å². The molecule has 3 aromatic rings. The summed E-state index contributed by atoms with van der Waals surface area (Å²) in [5, 5.41) is 4.99. The van der Waals surface area contributed by atoms with Crippen LogP contribution in [0.15, 0.2) is 36.7 Å². The third-order valence-electron chi connectivity index (χ3n) is 5.36. The highest BCUT2D eigenvalue weighted by Gasteiger charge is 2.21. The summed E-state index contributed by atoms with van der Waals surface area (Å²) in [6.45, 7) is 6.51. The van der Waals surface area contributed by atoms with Crippen molar-refractivity contribution in [3.8, 4) is 11.3 Å². The number of ether oxygens (including phenoxy) is 1. The minimum absolute atomic E-state index is 0.0565. The van der Waals surface area contributed by atoms with Crippen molar-refractivity contribution in [1.29, 1.82) is 0 Å². The predicted octanol–water partition coefficient (Wildman–Crippen LogP) is 2.60. The molecule has 0 aliphatic carbocycles. The summed E-state index contributed by atoms with van der Waals surface area (Å²) in [6, 6.07) is 8.38. The minimum Gasteiger partial charge on any atom is -0.379 e. The highest BCUT2D eigenvalue weighted by atomic mass is 16.5. The molecule has 0 radical (unpaired) electrons. The predicted molar refractivity (Wildman–Crippen MR) is 109 cm³/mol. The van der Waals surface area contributed by atoms with Crippen molar-refractivity contribution in [3.63, 3.8) is 0 Å². The summed E-state index contributed by atoms with van der Waals surface area (Å²) >= 11 is 0. The normalized spacial score (nSPS) is 17.8. The number of pyridine rings is 1. The average molecular weight is 379 g/mol. The molecule has 1 fully saturated rings. The summed E-state index contributed by atoms with van der Waals surface area (Å²) in [5.41, 5.74) is 2.14. The number of amides is 1. The summed E-state index contributed by atoms with van der Waals surface area (Å²) in [5.74, 6) is 1.48. The molecular formula is C21H25N5O2. The lowest BCUT2D eigenvalue weighted by Gasteiger charge is -2.32. The Balaban J connectivity index is 1.53. The van der Waals surface area contributed by atoms with Crippen LogP contribution in [-0.4, -0.2) is 57.7 Å². The molecule has 1 aliphatic rings. The number of nitrogens with zero attached hydrogens (tertiary/aromatic N) is 4. The molecule has 0 spiro atoms. The molecule has 4 rings (SSSR count). The van der Waals surface area contributed by atoms with Gasteiger partial charge in [0.25, 0.3) is 0 Å². The SMILES string of the molecule is Cc1ncc(-c2ccc3cnc(NC(=O)CN4CCOC[C@@H]4C)cc3c2)n1C. The summed E-state index contributed by atoms with van der Waals surface area (Å²) < 4.78 is 7.49. The fourth-order valence-electron chi connectivity index (χ4n) is 3.50. The Morgan fingerprint density at radius 2 is 2.11 bits per heavy atom. The van der Waals surface area contributed by atoms with Gasteiger partial charge in [0, 0.05) is 36.8 Å². The van der Waals surface area contributed by atoms with E-state index < -0.39 is 0 Å². The Kier molecular flexibility index (Phi) is 5.11. The van der Waals surface area contributed by atoms with Gasteiger partial charge in [0.2, 0.25) is 5.91 Å². The van der Waals surface area contributed by atoms with E-state index in [1.165, 1.54) is 0 Å². The zero-order valence-corrected chi connectivity index (χ0v) is 16.5. The van der Waals surface area contributed by atoms with Crippen LogP contribution in [-0.2, 0) is 16.6 Å². The molecule has 0 unspecified atom stereocenters.